The van der Waals surface area contributed by atoms with E-state index in [2.05, 4.69) is 20.0 Å². The molecule has 0 unspecified atom stereocenters. The average molecular weight is 525 g/mol. The van der Waals surface area contributed by atoms with E-state index in [0.29, 0.717) is 23.6 Å². The molecular weight excluding hydrogens is 504 g/mol. The lowest BCUT2D eigenvalue weighted by atomic mass is 10.1. The number of hydrogen-bond donors (Lipinski definition) is 3. The van der Waals surface area contributed by atoms with Gasteiger partial charge in [0.15, 0.2) is 0 Å². The van der Waals surface area contributed by atoms with Crippen LogP contribution in [0.3, 0.4) is 0 Å². The Hall–Kier alpha value is -3.22. The minimum absolute atomic E-state index is 0.0194. The first-order valence-electron chi connectivity index (χ1n) is 9.89. The number of aromatic nitrogens is 2. The van der Waals surface area contributed by atoms with E-state index in [9.17, 15) is 23.1 Å². The molecule has 180 valence electrons. The summed E-state index contributed by atoms with van der Waals surface area (Å²) in [5, 5.41) is 13.8. The zero-order chi connectivity index (χ0) is 24.7. The molecule has 0 bridgehead atoms. The first-order chi connectivity index (χ1) is 16.1. The van der Waals surface area contributed by atoms with Gasteiger partial charge < -0.3 is 15.2 Å². The molecule has 0 aromatic carbocycles. The Labute approximate surface area is 205 Å². The number of carboxylic acid groups (broad SMARTS) is 1. The number of nitrogens with one attached hydrogen (secondary N) is 2. The summed E-state index contributed by atoms with van der Waals surface area (Å²) in [4.78, 5) is 32.6. The molecule has 3 aromatic rings. The monoisotopic (exact) mass is 524 g/mol. The van der Waals surface area contributed by atoms with Gasteiger partial charge >= 0.3 is 5.97 Å². The highest BCUT2D eigenvalue weighted by molar-refractivity contribution is 7.92. The van der Waals surface area contributed by atoms with Crippen molar-refractivity contribution < 1.29 is 27.9 Å². The summed E-state index contributed by atoms with van der Waals surface area (Å²) in [6.45, 7) is 0.270. The highest BCUT2D eigenvalue weighted by Gasteiger charge is 2.23. The van der Waals surface area contributed by atoms with Crippen LogP contribution in [0.15, 0.2) is 48.0 Å². The molecule has 34 heavy (non-hydrogen) atoms. The molecular formula is C21H21ClN4O6S2. The van der Waals surface area contributed by atoms with Gasteiger partial charge in [-0.25, -0.2) is 18.2 Å². The van der Waals surface area contributed by atoms with Crippen molar-refractivity contribution >= 4 is 50.7 Å². The van der Waals surface area contributed by atoms with Gasteiger partial charge in [-0.05, 0) is 35.7 Å². The fraction of sp³-hybridized carbons (Fsp3) is 0.238. The zero-order valence-corrected chi connectivity index (χ0v) is 20.3. The van der Waals surface area contributed by atoms with Crippen LogP contribution in [-0.4, -0.2) is 54.3 Å². The summed E-state index contributed by atoms with van der Waals surface area (Å²) >= 11 is 7.06. The molecule has 10 nitrogen and oxygen atoms in total. The smallest absolute Gasteiger partial charge is 0.326 e. The number of rotatable bonds is 11. The fourth-order valence-corrected chi connectivity index (χ4v) is 4.38. The maximum Gasteiger partial charge on any atom is 0.326 e. The van der Waals surface area contributed by atoms with E-state index < -0.39 is 27.9 Å². The lowest BCUT2D eigenvalue weighted by Gasteiger charge is -2.14. The van der Waals surface area contributed by atoms with Gasteiger partial charge in [0, 0.05) is 24.2 Å². The molecule has 0 radical (unpaired) electrons. The normalized spacial score (nSPS) is 12.1. The SMILES string of the molecule is CS(=O)(=O)Nc1cccc(CCOc2ccc(C[C@H](NC(=O)c3sccc3Cl)C(=O)O)nc2)n1. The van der Waals surface area contributed by atoms with Crippen LogP contribution in [0.1, 0.15) is 21.1 Å². The number of carbonyl (C=O) groups excluding carboxylic acids is 1. The number of sulfonamides is 1. The Morgan fingerprint density at radius 3 is 2.62 bits per heavy atom. The molecule has 0 saturated heterocycles. The molecule has 0 aliphatic heterocycles. The quantitative estimate of drug-likeness (QED) is 0.346. The molecule has 1 amide bonds. The second-order valence-corrected chi connectivity index (χ2v) is 10.2. The van der Waals surface area contributed by atoms with Gasteiger partial charge in [0.2, 0.25) is 10.0 Å². The number of anilines is 1. The summed E-state index contributed by atoms with van der Waals surface area (Å²) in [7, 11) is -3.41. The van der Waals surface area contributed by atoms with E-state index in [4.69, 9.17) is 16.3 Å². The Kier molecular flexibility index (Phi) is 8.42. The van der Waals surface area contributed by atoms with E-state index >= 15 is 0 Å². The fourth-order valence-electron chi connectivity index (χ4n) is 2.84. The second kappa shape index (κ2) is 11.3. The van der Waals surface area contributed by atoms with Crippen molar-refractivity contribution in [3.05, 3.63) is 69.3 Å². The van der Waals surface area contributed by atoms with Crippen LogP contribution in [0.4, 0.5) is 5.82 Å². The molecule has 0 aliphatic carbocycles. The molecule has 3 aromatic heterocycles. The minimum Gasteiger partial charge on any atom is -0.492 e. The first kappa shape index (κ1) is 25.4. The van der Waals surface area contributed by atoms with Crippen LogP contribution < -0.4 is 14.8 Å². The van der Waals surface area contributed by atoms with Gasteiger partial charge in [-0.3, -0.25) is 14.5 Å². The number of nitrogens with zero attached hydrogens (tertiary/aromatic N) is 2. The molecule has 0 fully saturated rings. The number of carboxylic acids is 1. The van der Waals surface area contributed by atoms with Crippen molar-refractivity contribution in [3.63, 3.8) is 0 Å². The van der Waals surface area contributed by atoms with Gasteiger partial charge in [-0.2, -0.15) is 0 Å². The predicted molar refractivity (Wildman–Crippen MR) is 128 cm³/mol. The summed E-state index contributed by atoms with van der Waals surface area (Å²) in [6.07, 6.45) is 2.92. The van der Waals surface area contributed by atoms with E-state index in [-0.39, 0.29) is 28.7 Å². The number of carbonyl (C=O) groups is 2. The number of hydrogen-bond acceptors (Lipinski definition) is 8. The third kappa shape index (κ3) is 7.68. The molecule has 13 heteroatoms. The van der Waals surface area contributed by atoms with Crippen LogP contribution in [0.5, 0.6) is 5.75 Å². The number of amides is 1. The van der Waals surface area contributed by atoms with Gasteiger partial charge in [0.1, 0.15) is 22.5 Å². The van der Waals surface area contributed by atoms with E-state index in [1.54, 1.807) is 41.8 Å². The zero-order valence-electron chi connectivity index (χ0n) is 17.9. The molecule has 0 saturated carbocycles. The Balaban J connectivity index is 1.53. The summed E-state index contributed by atoms with van der Waals surface area (Å²) < 4.78 is 30.6. The van der Waals surface area contributed by atoms with Crippen LogP contribution in [0, 0.1) is 0 Å². The molecule has 3 rings (SSSR count). The summed E-state index contributed by atoms with van der Waals surface area (Å²) in [5.41, 5.74) is 1.10. The summed E-state index contributed by atoms with van der Waals surface area (Å²) in [5.74, 6) is -1.05. The standard InChI is InChI=1S/C21H21ClN4O6S2/c1-34(30,31)26-18-4-2-3-13(24-18)7-9-32-15-6-5-14(23-12-15)11-17(21(28)29)25-20(27)19-16(22)8-10-33-19/h2-6,8,10,12,17H,7,9,11H2,1H3,(H,24,26)(H,25,27)(H,28,29)/t17-/m0/s1. The lowest BCUT2D eigenvalue weighted by Crippen LogP contribution is -2.42. The number of pyridine rings is 2. The maximum absolute atomic E-state index is 12.3. The van der Waals surface area contributed by atoms with Crippen molar-refractivity contribution in [2.45, 2.75) is 18.9 Å². The van der Waals surface area contributed by atoms with Gasteiger partial charge in [-0.1, -0.05) is 17.7 Å². The molecule has 0 aliphatic rings. The minimum atomic E-state index is -3.41. The van der Waals surface area contributed by atoms with Crippen LogP contribution >= 0.6 is 22.9 Å². The summed E-state index contributed by atoms with van der Waals surface area (Å²) in [6, 6.07) is 8.65. The Bertz CT molecular complexity index is 1260. The van der Waals surface area contributed by atoms with Gasteiger partial charge in [0.05, 0.1) is 24.1 Å². The van der Waals surface area contributed by atoms with E-state index in [1.807, 2.05) is 0 Å². The van der Waals surface area contributed by atoms with Crippen molar-refractivity contribution in [2.24, 2.45) is 0 Å². The van der Waals surface area contributed by atoms with Crippen LogP contribution in [-0.2, 0) is 27.7 Å². The molecule has 3 heterocycles. The van der Waals surface area contributed by atoms with Crippen molar-refractivity contribution in [3.8, 4) is 5.75 Å². The topological polar surface area (TPSA) is 148 Å². The van der Waals surface area contributed by atoms with E-state index in [0.717, 1.165) is 17.6 Å². The van der Waals surface area contributed by atoms with Crippen molar-refractivity contribution in [1.82, 2.24) is 15.3 Å². The molecule has 1 atom stereocenters. The molecule has 0 spiro atoms. The highest BCUT2D eigenvalue weighted by atomic mass is 35.5. The van der Waals surface area contributed by atoms with Gasteiger partial charge in [0.25, 0.3) is 5.91 Å². The number of ether oxygens (including phenoxy) is 1. The predicted octanol–water partition coefficient (Wildman–Crippen LogP) is 2.61. The third-order valence-electron chi connectivity index (χ3n) is 4.36. The Morgan fingerprint density at radius 2 is 2.00 bits per heavy atom. The Morgan fingerprint density at radius 1 is 1.21 bits per heavy atom. The second-order valence-electron chi connectivity index (χ2n) is 7.14. The number of aliphatic carboxylic acids is 1. The first-order valence-corrected chi connectivity index (χ1v) is 13.0. The van der Waals surface area contributed by atoms with Gasteiger partial charge in [-0.15, -0.1) is 11.3 Å². The average Bonchev–Trinajstić information content (AvgIpc) is 3.19. The third-order valence-corrected chi connectivity index (χ3v) is 6.28. The highest BCUT2D eigenvalue weighted by Crippen LogP contribution is 2.22. The maximum atomic E-state index is 12.3. The van der Waals surface area contributed by atoms with Crippen LogP contribution in [0.2, 0.25) is 5.02 Å². The largest absolute Gasteiger partial charge is 0.492 e. The van der Waals surface area contributed by atoms with E-state index in [1.165, 1.54) is 6.20 Å². The number of thiophene rings is 1. The van der Waals surface area contributed by atoms with Crippen molar-refractivity contribution in [2.75, 3.05) is 17.6 Å². The van der Waals surface area contributed by atoms with Crippen molar-refractivity contribution in [1.29, 1.82) is 0 Å². The molecule has 3 N–H and O–H groups in total. The van der Waals surface area contributed by atoms with Crippen LogP contribution in [0.25, 0.3) is 0 Å². The lowest BCUT2D eigenvalue weighted by molar-refractivity contribution is -0.139. The number of halogens is 1.